The predicted octanol–water partition coefficient (Wildman–Crippen LogP) is 2.96. The molecule has 1 unspecified atom stereocenters. The first-order chi connectivity index (χ1) is 8.38. The zero-order valence-electron chi connectivity index (χ0n) is 9.67. The number of nitrogens with two attached hydrogens (primary N) is 1. The number of hydrogen-bond acceptors (Lipinski definition) is 3. The molecule has 2 rings (SSSR count). The van der Waals surface area contributed by atoms with Crippen LogP contribution in [0.15, 0.2) is 24.3 Å². The van der Waals surface area contributed by atoms with Gasteiger partial charge < -0.3 is 10.5 Å². The molecule has 0 fully saturated rings. The van der Waals surface area contributed by atoms with Gasteiger partial charge in [0.1, 0.15) is 12.4 Å². The van der Waals surface area contributed by atoms with Gasteiger partial charge in [0, 0.05) is 5.75 Å². The Morgan fingerprint density at radius 3 is 2.78 bits per heavy atom. The highest BCUT2D eigenvalue weighted by Crippen LogP contribution is 2.34. The van der Waals surface area contributed by atoms with Crippen molar-refractivity contribution < 1.29 is 17.9 Å². The van der Waals surface area contributed by atoms with E-state index in [4.69, 9.17) is 10.5 Å². The number of thioether (sulfide) groups is 1. The molecule has 6 heteroatoms. The lowest BCUT2D eigenvalue weighted by Crippen LogP contribution is -2.50. The molecule has 0 aliphatic carbocycles. The number of alkyl halides is 3. The van der Waals surface area contributed by atoms with Gasteiger partial charge in [-0.25, -0.2) is 0 Å². The summed E-state index contributed by atoms with van der Waals surface area (Å²) in [6.07, 6.45) is 0.840. The highest BCUT2D eigenvalue weighted by atomic mass is 32.2. The molecule has 0 amide bonds. The molecule has 1 aromatic carbocycles. The number of fused-ring (bicyclic) bond motifs is 1. The molecule has 1 aliphatic heterocycles. The number of rotatable bonds is 3. The molecular weight excluding hydrogens is 263 g/mol. The quantitative estimate of drug-likeness (QED) is 0.922. The third kappa shape index (κ3) is 3.55. The van der Waals surface area contributed by atoms with E-state index in [2.05, 4.69) is 0 Å². The maximum absolute atomic E-state index is 12.1. The number of hydrogen-bond donors (Lipinski definition) is 1. The van der Waals surface area contributed by atoms with E-state index < -0.39 is 11.0 Å². The maximum Gasteiger partial charge on any atom is 0.441 e. The van der Waals surface area contributed by atoms with Crippen LogP contribution in [0.3, 0.4) is 0 Å². The van der Waals surface area contributed by atoms with E-state index in [1.807, 2.05) is 24.3 Å². The summed E-state index contributed by atoms with van der Waals surface area (Å²) >= 11 is -0.0285. The minimum absolute atomic E-state index is 0.0285. The first-order valence-corrected chi connectivity index (χ1v) is 6.57. The van der Waals surface area contributed by atoms with Gasteiger partial charge in [0.05, 0.1) is 5.54 Å². The lowest BCUT2D eigenvalue weighted by molar-refractivity contribution is -0.0328. The third-order valence-corrected chi connectivity index (χ3v) is 3.63. The minimum atomic E-state index is -4.19. The van der Waals surface area contributed by atoms with Gasteiger partial charge in [0.25, 0.3) is 0 Å². The Balaban J connectivity index is 1.94. The summed E-state index contributed by atoms with van der Waals surface area (Å²) in [5, 5.41) is 0. The first kappa shape index (κ1) is 13.5. The summed E-state index contributed by atoms with van der Waals surface area (Å²) in [5.74, 6) is 0.743. The second-order valence-electron chi connectivity index (χ2n) is 4.48. The summed E-state index contributed by atoms with van der Waals surface area (Å²) < 4.78 is 41.7. The van der Waals surface area contributed by atoms with Gasteiger partial charge in [-0.15, -0.1) is 0 Å². The SMILES string of the molecule is NC1(CCSC(F)(F)F)COc2ccccc2C1. The van der Waals surface area contributed by atoms with Crippen molar-refractivity contribution in [2.75, 3.05) is 12.4 Å². The normalized spacial score (nSPS) is 23.3. The van der Waals surface area contributed by atoms with Crippen LogP contribution in [0.1, 0.15) is 12.0 Å². The van der Waals surface area contributed by atoms with E-state index >= 15 is 0 Å². The fraction of sp³-hybridized carbons (Fsp3) is 0.500. The standard InChI is InChI=1S/C12H14F3NOS/c13-12(14,15)18-6-5-11(16)7-9-3-1-2-4-10(9)17-8-11/h1-4H,5-8,16H2. The molecule has 100 valence electrons. The zero-order valence-corrected chi connectivity index (χ0v) is 10.5. The van der Waals surface area contributed by atoms with Crippen molar-refractivity contribution in [1.29, 1.82) is 0 Å². The molecule has 0 saturated carbocycles. The number of benzene rings is 1. The summed E-state index contributed by atoms with van der Waals surface area (Å²) in [6.45, 7) is 0.266. The second kappa shape index (κ2) is 5.01. The second-order valence-corrected chi connectivity index (χ2v) is 5.64. The number of para-hydroxylation sites is 1. The minimum Gasteiger partial charge on any atom is -0.491 e. The van der Waals surface area contributed by atoms with E-state index in [9.17, 15) is 13.2 Å². The van der Waals surface area contributed by atoms with Gasteiger partial charge in [-0.3, -0.25) is 0 Å². The molecule has 18 heavy (non-hydrogen) atoms. The molecule has 1 aromatic rings. The number of ether oxygens (including phenoxy) is 1. The number of halogens is 3. The van der Waals surface area contributed by atoms with E-state index in [0.29, 0.717) is 6.42 Å². The Morgan fingerprint density at radius 2 is 2.06 bits per heavy atom. The summed E-state index contributed by atoms with van der Waals surface area (Å²) in [6, 6.07) is 7.48. The third-order valence-electron chi connectivity index (χ3n) is 2.90. The fourth-order valence-electron chi connectivity index (χ4n) is 1.97. The van der Waals surface area contributed by atoms with Crippen LogP contribution in [0, 0.1) is 0 Å². The summed E-state index contributed by atoms with van der Waals surface area (Å²) in [7, 11) is 0. The van der Waals surface area contributed by atoms with Crippen molar-refractivity contribution >= 4 is 11.8 Å². The van der Waals surface area contributed by atoms with Crippen LogP contribution in [0.4, 0.5) is 13.2 Å². The first-order valence-electron chi connectivity index (χ1n) is 5.58. The van der Waals surface area contributed by atoms with E-state index in [1.54, 1.807) is 0 Å². The van der Waals surface area contributed by atoms with Gasteiger partial charge in [-0.05, 0) is 24.5 Å². The average molecular weight is 277 g/mol. The molecule has 2 nitrogen and oxygen atoms in total. The lowest BCUT2D eigenvalue weighted by atomic mass is 9.88. The highest BCUT2D eigenvalue weighted by molar-refractivity contribution is 8.00. The molecule has 0 spiro atoms. The molecule has 0 radical (unpaired) electrons. The largest absolute Gasteiger partial charge is 0.491 e. The molecule has 2 N–H and O–H groups in total. The van der Waals surface area contributed by atoms with Gasteiger partial charge in [-0.1, -0.05) is 30.0 Å². The molecule has 0 bridgehead atoms. The Hall–Kier alpha value is -0.880. The van der Waals surface area contributed by atoms with Crippen LogP contribution in [0.5, 0.6) is 5.75 Å². The lowest BCUT2D eigenvalue weighted by Gasteiger charge is -2.34. The Morgan fingerprint density at radius 1 is 1.33 bits per heavy atom. The van der Waals surface area contributed by atoms with Crippen LogP contribution in [-0.2, 0) is 6.42 Å². The summed E-state index contributed by atoms with van der Waals surface area (Å²) in [5.41, 5.74) is 2.17. The predicted molar refractivity (Wildman–Crippen MR) is 65.7 cm³/mol. The smallest absolute Gasteiger partial charge is 0.441 e. The molecule has 0 aromatic heterocycles. The van der Waals surface area contributed by atoms with Crippen LogP contribution in [0.2, 0.25) is 0 Å². The topological polar surface area (TPSA) is 35.2 Å². The van der Waals surface area contributed by atoms with Crippen LogP contribution in [-0.4, -0.2) is 23.4 Å². The van der Waals surface area contributed by atoms with E-state index in [0.717, 1.165) is 11.3 Å². The highest BCUT2D eigenvalue weighted by Gasteiger charge is 2.34. The van der Waals surface area contributed by atoms with Crippen molar-refractivity contribution in [3.63, 3.8) is 0 Å². The Kier molecular flexibility index (Phi) is 3.77. The van der Waals surface area contributed by atoms with E-state index in [-0.39, 0.29) is 30.5 Å². The molecule has 0 saturated heterocycles. The Labute approximate surface area is 108 Å². The summed E-state index contributed by atoms with van der Waals surface area (Å²) in [4.78, 5) is 0. The molecular formula is C12H14F3NOS. The van der Waals surface area contributed by atoms with Crippen molar-refractivity contribution in [2.45, 2.75) is 23.9 Å². The Bertz CT molecular complexity index is 424. The fourth-order valence-corrected chi connectivity index (χ4v) is 2.71. The van der Waals surface area contributed by atoms with Crippen LogP contribution >= 0.6 is 11.8 Å². The average Bonchev–Trinajstić information content (AvgIpc) is 2.27. The van der Waals surface area contributed by atoms with Gasteiger partial charge >= 0.3 is 5.51 Å². The van der Waals surface area contributed by atoms with E-state index in [1.165, 1.54) is 0 Å². The molecule has 1 heterocycles. The van der Waals surface area contributed by atoms with Crippen molar-refractivity contribution in [2.24, 2.45) is 5.73 Å². The van der Waals surface area contributed by atoms with Crippen LogP contribution in [0.25, 0.3) is 0 Å². The zero-order chi connectivity index (χ0) is 13.2. The van der Waals surface area contributed by atoms with Gasteiger partial charge in [-0.2, -0.15) is 13.2 Å². The van der Waals surface area contributed by atoms with Crippen molar-refractivity contribution in [3.05, 3.63) is 29.8 Å². The molecule has 1 aliphatic rings. The molecule has 1 atom stereocenters. The van der Waals surface area contributed by atoms with Crippen molar-refractivity contribution in [3.8, 4) is 5.75 Å². The maximum atomic E-state index is 12.1. The van der Waals surface area contributed by atoms with Gasteiger partial charge in [0.15, 0.2) is 0 Å². The van der Waals surface area contributed by atoms with Gasteiger partial charge in [0.2, 0.25) is 0 Å². The van der Waals surface area contributed by atoms with Crippen molar-refractivity contribution in [1.82, 2.24) is 0 Å². The monoisotopic (exact) mass is 277 g/mol. The van der Waals surface area contributed by atoms with Crippen LogP contribution < -0.4 is 10.5 Å².